The van der Waals surface area contributed by atoms with Gasteiger partial charge in [-0.3, -0.25) is 4.79 Å². The Hall–Kier alpha value is -1.55. The van der Waals surface area contributed by atoms with Gasteiger partial charge >= 0.3 is 0 Å². The summed E-state index contributed by atoms with van der Waals surface area (Å²) in [4.78, 5) is 14.3. The first-order valence-corrected chi connectivity index (χ1v) is 6.51. The van der Waals surface area contributed by atoms with Crippen molar-refractivity contribution in [1.82, 2.24) is 10.2 Å². The number of benzene rings is 1. The Kier molecular flexibility index (Phi) is 2.96. The summed E-state index contributed by atoms with van der Waals surface area (Å²) in [5.74, 6) is 0.985. The third kappa shape index (κ3) is 2.08. The summed E-state index contributed by atoms with van der Waals surface area (Å²) in [7, 11) is 0. The van der Waals surface area contributed by atoms with Crippen molar-refractivity contribution in [2.75, 3.05) is 19.6 Å². The molecule has 0 spiro atoms. The van der Waals surface area contributed by atoms with E-state index in [0.29, 0.717) is 12.5 Å². The lowest BCUT2D eigenvalue weighted by Gasteiger charge is -2.33. The van der Waals surface area contributed by atoms with Crippen molar-refractivity contribution < 1.29 is 9.53 Å². The standard InChI is InChI=1S/C14H18N2O2/c1-10-9-16(7-6-15-10)14(17)13-8-11-4-2-3-5-12(11)18-13/h2-5,10,13,15H,6-9H2,1H3. The molecule has 2 unspecified atom stereocenters. The molecule has 0 bridgehead atoms. The van der Waals surface area contributed by atoms with E-state index in [1.807, 2.05) is 29.2 Å². The molecule has 2 aliphatic rings. The summed E-state index contributed by atoms with van der Waals surface area (Å²) in [5.41, 5.74) is 1.14. The molecule has 2 atom stereocenters. The Labute approximate surface area is 107 Å². The Balaban J connectivity index is 1.68. The molecule has 2 aliphatic heterocycles. The van der Waals surface area contributed by atoms with E-state index in [1.54, 1.807) is 0 Å². The lowest BCUT2D eigenvalue weighted by molar-refractivity contribution is -0.139. The fourth-order valence-corrected chi connectivity index (χ4v) is 2.66. The van der Waals surface area contributed by atoms with Crippen LogP contribution in [0.4, 0.5) is 0 Å². The molecule has 1 amide bonds. The number of hydrogen-bond donors (Lipinski definition) is 1. The zero-order valence-electron chi connectivity index (χ0n) is 10.6. The van der Waals surface area contributed by atoms with Gasteiger partial charge in [0.1, 0.15) is 5.75 Å². The van der Waals surface area contributed by atoms with Crippen LogP contribution in [0.25, 0.3) is 0 Å². The zero-order chi connectivity index (χ0) is 12.5. The molecule has 96 valence electrons. The molecule has 4 heteroatoms. The molecule has 2 heterocycles. The number of hydrogen-bond acceptors (Lipinski definition) is 3. The van der Waals surface area contributed by atoms with E-state index in [-0.39, 0.29) is 12.0 Å². The Morgan fingerprint density at radius 2 is 2.28 bits per heavy atom. The number of amides is 1. The summed E-state index contributed by atoms with van der Waals surface area (Å²) in [5, 5.41) is 3.34. The molecule has 0 aromatic heterocycles. The summed E-state index contributed by atoms with van der Waals surface area (Å²) in [6, 6.07) is 8.26. The van der Waals surface area contributed by atoms with Crippen LogP contribution in [0.5, 0.6) is 5.75 Å². The number of carbonyl (C=O) groups is 1. The van der Waals surface area contributed by atoms with Crippen LogP contribution >= 0.6 is 0 Å². The van der Waals surface area contributed by atoms with Gasteiger partial charge in [-0.2, -0.15) is 0 Å². The quantitative estimate of drug-likeness (QED) is 0.797. The Morgan fingerprint density at radius 3 is 3.06 bits per heavy atom. The highest BCUT2D eigenvalue weighted by molar-refractivity contribution is 5.82. The number of fused-ring (bicyclic) bond motifs is 1. The van der Waals surface area contributed by atoms with Crippen LogP contribution in [0.15, 0.2) is 24.3 Å². The zero-order valence-corrected chi connectivity index (χ0v) is 10.6. The molecule has 1 fully saturated rings. The van der Waals surface area contributed by atoms with E-state index in [4.69, 9.17) is 4.74 Å². The van der Waals surface area contributed by atoms with E-state index in [0.717, 1.165) is 30.9 Å². The number of rotatable bonds is 1. The van der Waals surface area contributed by atoms with Gasteiger partial charge in [-0.15, -0.1) is 0 Å². The number of nitrogens with zero attached hydrogens (tertiary/aromatic N) is 1. The predicted octanol–water partition coefficient (Wildman–Crippen LogP) is 0.810. The molecule has 1 saturated heterocycles. The van der Waals surface area contributed by atoms with E-state index in [1.165, 1.54) is 0 Å². The summed E-state index contributed by atoms with van der Waals surface area (Å²) in [6.45, 7) is 4.52. The van der Waals surface area contributed by atoms with Crippen LogP contribution in [0.2, 0.25) is 0 Å². The fraction of sp³-hybridized carbons (Fsp3) is 0.500. The first kappa shape index (κ1) is 11.5. The van der Waals surface area contributed by atoms with Crippen molar-refractivity contribution in [2.24, 2.45) is 0 Å². The molecule has 0 saturated carbocycles. The maximum Gasteiger partial charge on any atom is 0.264 e. The largest absolute Gasteiger partial charge is 0.480 e. The highest BCUT2D eigenvalue weighted by Gasteiger charge is 2.33. The molecule has 0 radical (unpaired) electrons. The predicted molar refractivity (Wildman–Crippen MR) is 68.6 cm³/mol. The summed E-state index contributed by atoms with van der Waals surface area (Å²) < 4.78 is 5.75. The summed E-state index contributed by atoms with van der Waals surface area (Å²) >= 11 is 0. The van der Waals surface area contributed by atoms with E-state index in [2.05, 4.69) is 12.2 Å². The Bertz CT molecular complexity index is 436. The van der Waals surface area contributed by atoms with Crippen LogP contribution in [-0.4, -0.2) is 42.6 Å². The van der Waals surface area contributed by atoms with Crippen LogP contribution in [0.3, 0.4) is 0 Å². The minimum absolute atomic E-state index is 0.125. The monoisotopic (exact) mass is 246 g/mol. The van der Waals surface area contributed by atoms with Crippen molar-refractivity contribution in [3.63, 3.8) is 0 Å². The Morgan fingerprint density at radius 1 is 1.44 bits per heavy atom. The second kappa shape index (κ2) is 4.61. The number of carbonyl (C=O) groups excluding carboxylic acids is 1. The smallest absolute Gasteiger partial charge is 0.264 e. The van der Waals surface area contributed by atoms with Crippen LogP contribution in [0.1, 0.15) is 12.5 Å². The van der Waals surface area contributed by atoms with Gasteiger partial charge in [0.2, 0.25) is 0 Å². The van der Waals surface area contributed by atoms with Crippen molar-refractivity contribution in [3.05, 3.63) is 29.8 Å². The maximum atomic E-state index is 12.4. The molecule has 1 aromatic rings. The highest BCUT2D eigenvalue weighted by atomic mass is 16.5. The lowest BCUT2D eigenvalue weighted by atomic mass is 10.1. The summed E-state index contributed by atoms with van der Waals surface area (Å²) in [6.07, 6.45) is 0.375. The maximum absolute atomic E-state index is 12.4. The lowest BCUT2D eigenvalue weighted by Crippen LogP contribution is -2.54. The van der Waals surface area contributed by atoms with E-state index < -0.39 is 0 Å². The third-order valence-electron chi connectivity index (χ3n) is 3.60. The SMILES string of the molecule is CC1CN(C(=O)C2Cc3ccccc3O2)CCN1. The van der Waals surface area contributed by atoms with Crippen molar-refractivity contribution in [1.29, 1.82) is 0 Å². The minimum Gasteiger partial charge on any atom is -0.480 e. The second-order valence-corrected chi connectivity index (χ2v) is 5.06. The topological polar surface area (TPSA) is 41.6 Å². The van der Waals surface area contributed by atoms with Gasteiger partial charge in [-0.1, -0.05) is 18.2 Å². The van der Waals surface area contributed by atoms with Gasteiger partial charge in [-0.25, -0.2) is 0 Å². The number of piperazine rings is 1. The fourth-order valence-electron chi connectivity index (χ4n) is 2.66. The van der Waals surface area contributed by atoms with Gasteiger partial charge in [0, 0.05) is 32.1 Å². The van der Waals surface area contributed by atoms with Crippen molar-refractivity contribution >= 4 is 5.91 Å². The van der Waals surface area contributed by atoms with Crippen LogP contribution in [0, 0.1) is 0 Å². The van der Waals surface area contributed by atoms with Gasteiger partial charge in [0.25, 0.3) is 5.91 Å². The highest BCUT2D eigenvalue weighted by Crippen LogP contribution is 2.29. The van der Waals surface area contributed by atoms with Crippen molar-refractivity contribution in [2.45, 2.75) is 25.5 Å². The molecule has 1 aromatic carbocycles. The first-order chi connectivity index (χ1) is 8.74. The molecule has 1 N–H and O–H groups in total. The van der Waals surface area contributed by atoms with Crippen LogP contribution in [-0.2, 0) is 11.2 Å². The third-order valence-corrected chi connectivity index (χ3v) is 3.60. The normalized spacial score (nSPS) is 26.6. The average molecular weight is 246 g/mol. The van der Waals surface area contributed by atoms with Gasteiger partial charge in [0.05, 0.1) is 0 Å². The molecule has 18 heavy (non-hydrogen) atoms. The average Bonchev–Trinajstić information content (AvgIpc) is 2.81. The van der Waals surface area contributed by atoms with Gasteiger partial charge in [0.15, 0.2) is 6.10 Å². The number of para-hydroxylation sites is 1. The van der Waals surface area contributed by atoms with Gasteiger partial charge < -0.3 is 15.0 Å². The van der Waals surface area contributed by atoms with Crippen molar-refractivity contribution in [3.8, 4) is 5.75 Å². The van der Waals surface area contributed by atoms with Gasteiger partial charge in [-0.05, 0) is 18.6 Å². The molecular formula is C14H18N2O2. The first-order valence-electron chi connectivity index (χ1n) is 6.51. The van der Waals surface area contributed by atoms with E-state index in [9.17, 15) is 4.79 Å². The number of ether oxygens (including phenoxy) is 1. The molecule has 3 rings (SSSR count). The van der Waals surface area contributed by atoms with E-state index >= 15 is 0 Å². The molecular weight excluding hydrogens is 228 g/mol. The number of nitrogens with one attached hydrogen (secondary N) is 1. The molecule has 4 nitrogen and oxygen atoms in total. The second-order valence-electron chi connectivity index (χ2n) is 5.06. The van der Waals surface area contributed by atoms with Crippen LogP contribution < -0.4 is 10.1 Å². The molecule has 0 aliphatic carbocycles. The minimum atomic E-state index is -0.326.